The third kappa shape index (κ3) is 9.50. The molecule has 7 rings (SSSR count). The number of benzene rings is 1. The number of nitrogens with two attached hydrogens (primary N) is 2. The highest BCUT2D eigenvalue weighted by atomic mass is 32.1. The summed E-state index contributed by atoms with van der Waals surface area (Å²) in [7, 11) is 1.53. The Morgan fingerprint density at radius 3 is 2.75 bits per heavy atom. The molecule has 3 saturated heterocycles. The second-order valence-electron chi connectivity index (χ2n) is 16.9. The molecule has 4 aliphatic heterocycles. The number of aromatic nitrogens is 2. The number of alkyl halides is 3. The summed E-state index contributed by atoms with van der Waals surface area (Å²) >= 11 is 1.36. The molecular weight excluding hydrogens is 786 g/mol. The van der Waals surface area contributed by atoms with Crippen LogP contribution in [0.25, 0.3) is 27.7 Å². The summed E-state index contributed by atoms with van der Waals surface area (Å²) in [5.74, 6) is -0.865. The van der Waals surface area contributed by atoms with Gasteiger partial charge in [0, 0.05) is 90.5 Å². The number of allylic oxidation sites excluding steroid dienone is 3. The monoisotopic (exact) mass is 842 g/mol. The predicted molar refractivity (Wildman–Crippen MR) is 221 cm³/mol. The van der Waals surface area contributed by atoms with Gasteiger partial charge in [-0.05, 0) is 56.4 Å². The fourth-order valence-electron chi connectivity index (χ4n) is 8.66. The molecule has 6 heterocycles. The van der Waals surface area contributed by atoms with Crippen LogP contribution in [0.3, 0.4) is 0 Å². The number of carbonyl (C=O) groups is 2. The van der Waals surface area contributed by atoms with Gasteiger partial charge in [-0.1, -0.05) is 26.8 Å². The second kappa shape index (κ2) is 17.5. The number of hydrogen-bond donors (Lipinski definition) is 3. The Morgan fingerprint density at radius 1 is 1.20 bits per heavy atom. The first kappa shape index (κ1) is 43.1. The molecule has 0 radical (unpaired) electrons. The van der Waals surface area contributed by atoms with Gasteiger partial charge in [0.1, 0.15) is 12.6 Å². The van der Waals surface area contributed by atoms with Gasteiger partial charge in [0.05, 0.1) is 54.4 Å². The van der Waals surface area contributed by atoms with Crippen LogP contribution in [0.1, 0.15) is 63.2 Å². The van der Waals surface area contributed by atoms with Crippen LogP contribution < -0.4 is 16.9 Å². The molecule has 0 saturated carbocycles. The van der Waals surface area contributed by atoms with Crippen LogP contribution in [0, 0.1) is 5.41 Å². The third-order valence-electron chi connectivity index (χ3n) is 11.9. The molecule has 0 spiro atoms. The maximum Gasteiger partial charge on any atom is 0.406 e. The van der Waals surface area contributed by atoms with E-state index in [-0.39, 0.29) is 31.4 Å². The average Bonchev–Trinajstić information content (AvgIpc) is 3.80. The Morgan fingerprint density at radius 2 is 2.00 bits per heavy atom. The lowest BCUT2D eigenvalue weighted by molar-refractivity contribution is -0.155. The summed E-state index contributed by atoms with van der Waals surface area (Å²) in [5, 5.41) is 4.51. The van der Waals surface area contributed by atoms with Crippen LogP contribution in [-0.4, -0.2) is 126 Å². The number of thiazole rings is 1. The van der Waals surface area contributed by atoms with Crippen molar-refractivity contribution in [3.8, 4) is 11.3 Å². The first-order valence-corrected chi connectivity index (χ1v) is 21.4. The number of fused-ring (bicyclic) bond motifs is 7. The third-order valence-corrected chi connectivity index (χ3v) is 12.8. The number of esters is 1. The van der Waals surface area contributed by atoms with E-state index in [1.165, 1.54) is 28.0 Å². The molecule has 5 N–H and O–H groups in total. The van der Waals surface area contributed by atoms with E-state index in [0.717, 1.165) is 31.9 Å². The number of halogens is 3. The highest BCUT2D eigenvalue weighted by Crippen LogP contribution is 2.41. The van der Waals surface area contributed by atoms with Gasteiger partial charge >= 0.3 is 12.1 Å². The molecule has 6 bridgehead atoms. The number of amides is 1. The number of hydrogen-bond acceptors (Lipinski definition) is 12. The van der Waals surface area contributed by atoms with Crippen LogP contribution in [0.4, 0.5) is 13.2 Å². The van der Waals surface area contributed by atoms with Gasteiger partial charge in [-0.3, -0.25) is 19.5 Å². The van der Waals surface area contributed by atoms with Crippen LogP contribution in [0.5, 0.6) is 0 Å². The molecule has 59 heavy (non-hydrogen) atoms. The first-order valence-electron chi connectivity index (χ1n) is 20.5. The molecule has 1 amide bonds. The SMILES string of the molecule is CC/C(=C\C(=C(/N)[C@H](C)OC)c1c2c3cc(ccc3n1CC(F)(F)F)-c1csc(n1)C[C@H](N)C(=O)N1CCC[C@H](N1)C(=O)OCC(C)(C)C2)N1CCN2CCOC[C@@H]2C1. The number of carbonyl (C=O) groups excluding carboxylic acids is 2. The van der Waals surface area contributed by atoms with E-state index in [4.69, 9.17) is 30.7 Å². The topological polar surface area (TPSA) is 153 Å². The molecule has 4 aliphatic rings. The zero-order valence-electron chi connectivity index (χ0n) is 34.6. The highest BCUT2D eigenvalue weighted by Gasteiger charge is 2.37. The number of ether oxygens (including phenoxy) is 3. The zero-order chi connectivity index (χ0) is 42.2. The molecule has 0 unspecified atom stereocenters. The smallest absolute Gasteiger partial charge is 0.406 e. The molecular formula is C42H57F3N8O5S. The van der Waals surface area contributed by atoms with Crippen molar-refractivity contribution in [2.75, 3.05) is 59.7 Å². The molecule has 17 heteroatoms. The van der Waals surface area contributed by atoms with Gasteiger partial charge in [0.15, 0.2) is 0 Å². The lowest BCUT2D eigenvalue weighted by Crippen LogP contribution is -2.59. The molecule has 4 atom stereocenters. The number of nitrogens with one attached hydrogen (secondary N) is 1. The summed E-state index contributed by atoms with van der Waals surface area (Å²) in [4.78, 5) is 36.6. The van der Waals surface area contributed by atoms with E-state index in [9.17, 15) is 22.8 Å². The largest absolute Gasteiger partial charge is 0.464 e. The van der Waals surface area contributed by atoms with Crippen molar-refractivity contribution in [3.05, 3.63) is 57.3 Å². The summed E-state index contributed by atoms with van der Waals surface area (Å²) < 4.78 is 63.5. The maximum absolute atomic E-state index is 14.9. The fraction of sp³-hybridized carbons (Fsp3) is 0.595. The number of nitrogens with zero attached hydrogens (tertiary/aromatic N) is 5. The van der Waals surface area contributed by atoms with E-state index in [2.05, 4.69) is 15.2 Å². The van der Waals surface area contributed by atoms with Gasteiger partial charge in [0.2, 0.25) is 0 Å². The van der Waals surface area contributed by atoms with Crippen molar-refractivity contribution in [1.82, 2.24) is 29.8 Å². The van der Waals surface area contributed by atoms with Gasteiger partial charge in [-0.15, -0.1) is 11.3 Å². The van der Waals surface area contributed by atoms with Crippen molar-refractivity contribution in [3.63, 3.8) is 0 Å². The lowest BCUT2D eigenvalue weighted by atomic mass is 9.84. The summed E-state index contributed by atoms with van der Waals surface area (Å²) in [6.45, 7) is 11.3. The number of rotatable bonds is 7. The number of morpholine rings is 1. The Kier molecular flexibility index (Phi) is 12.8. The van der Waals surface area contributed by atoms with Gasteiger partial charge in [0.25, 0.3) is 5.91 Å². The highest BCUT2D eigenvalue weighted by molar-refractivity contribution is 7.10. The summed E-state index contributed by atoms with van der Waals surface area (Å²) in [6, 6.07) is 3.90. The minimum atomic E-state index is -4.59. The molecule has 0 aliphatic carbocycles. The number of piperazine rings is 1. The van der Waals surface area contributed by atoms with E-state index in [1.807, 2.05) is 38.3 Å². The van der Waals surface area contributed by atoms with Crippen LogP contribution in [0.2, 0.25) is 0 Å². The average molecular weight is 843 g/mol. The first-order chi connectivity index (χ1) is 28.1. The van der Waals surface area contributed by atoms with E-state index in [0.29, 0.717) is 88.7 Å². The molecule has 3 fully saturated rings. The molecule has 3 aromatic rings. The van der Waals surface area contributed by atoms with Gasteiger partial charge in [-0.25, -0.2) is 10.4 Å². The van der Waals surface area contributed by atoms with Crippen molar-refractivity contribution < 1.29 is 37.0 Å². The standard InChI is InChI=1S/C42H57F3N8O5S/c1-6-27(51-13-12-50-14-15-57-21-28(50)20-51)17-30(37(47)25(2)56-5)38-31-19-41(3,4)24-58-40(55)33-8-7-11-53(49-33)39(54)32(46)18-36-48-34(22-59-36)26-9-10-35(29(31)16-26)52(38)23-42(43,44)45/h9-10,16-17,22,25,28,32-33,49H,6-8,11-15,18-21,23-24,46-47H2,1-5H3/b27-17+,37-30+/t25-,28-,32-,33-/m0/s1. The van der Waals surface area contributed by atoms with Crippen molar-refractivity contribution in [2.45, 2.75) is 96.7 Å². The van der Waals surface area contributed by atoms with Crippen LogP contribution in [0.15, 0.2) is 41.0 Å². The second-order valence-corrected chi connectivity index (χ2v) is 17.8. The van der Waals surface area contributed by atoms with Crippen molar-refractivity contribution >= 4 is 39.7 Å². The zero-order valence-corrected chi connectivity index (χ0v) is 35.4. The number of hydrazine groups is 1. The summed E-state index contributed by atoms with van der Waals surface area (Å²) in [5.41, 5.74) is 20.1. The molecule has 322 valence electrons. The molecule has 1 aromatic carbocycles. The molecule has 2 aromatic heterocycles. The quantitative estimate of drug-likeness (QED) is 0.222. The fourth-order valence-corrected chi connectivity index (χ4v) is 9.53. The minimum absolute atomic E-state index is 0.0369. The normalized spacial score (nSPS) is 24.7. The van der Waals surface area contributed by atoms with E-state index >= 15 is 0 Å². The lowest BCUT2D eigenvalue weighted by Gasteiger charge is -2.45. The minimum Gasteiger partial charge on any atom is -0.464 e. The summed E-state index contributed by atoms with van der Waals surface area (Å²) in [6.07, 6.45) is -1.21. The van der Waals surface area contributed by atoms with Gasteiger partial charge < -0.3 is 35.1 Å². The number of methoxy groups -OCH3 is 1. The van der Waals surface area contributed by atoms with E-state index in [1.54, 1.807) is 19.1 Å². The van der Waals surface area contributed by atoms with Gasteiger partial charge in [-0.2, -0.15) is 13.2 Å². The van der Waals surface area contributed by atoms with Crippen LogP contribution >= 0.6 is 11.3 Å². The predicted octanol–water partition coefficient (Wildman–Crippen LogP) is 4.83. The van der Waals surface area contributed by atoms with E-state index < -0.39 is 42.3 Å². The van der Waals surface area contributed by atoms with Crippen molar-refractivity contribution in [1.29, 1.82) is 0 Å². The number of cyclic esters (lactones) is 1. The Hall–Kier alpha value is -4.00. The Labute approximate surface area is 347 Å². The van der Waals surface area contributed by atoms with Crippen molar-refractivity contribution in [2.24, 2.45) is 16.9 Å². The van der Waals surface area contributed by atoms with Crippen LogP contribution in [-0.2, 0) is 43.2 Å². The Balaban J connectivity index is 1.43. The maximum atomic E-state index is 14.9. The Bertz CT molecular complexity index is 2100. The molecule has 13 nitrogen and oxygen atoms in total.